The number of rotatable bonds is 16. The highest BCUT2D eigenvalue weighted by atomic mass is 35.5. The fraction of sp³-hybridized carbons (Fsp3) is 0.690. The molecule has 11 nitrogen and oxygen atoms in total. The number of hydrogen-bond donors (Lipinski definition) is 4. The first-order chi connectivity index (χ1) is 19.6. The van der Waals surface area contributed by atoms with Crippen LogP contribution in [0.15, 0.2) is 24.3 Å². The molecule has 4 N–H and O–H groups in total. The van der Waals surface area contributed by atoms with Crippen molar-refractivity contribution < 1.29 is 37.8 Å². The van der Waals surface area contributed by atoms with Gasteiger partial charge in [-0.25, -0.2) is 4.79 Å². The molecule has 1 saturated heterocycles. The lowest BCUT2D eigenvalue weighted by atomic mass is 9.80. The van der Waals surface area contributed by atoms with Gasteiger partial charge in [0.15, 0.2) is 5.85 Å². The molecule has 0 spiro atoms. The van der Waals surface area contributed by atoms with Crippen molar-refractivity contribution in [2.75, 3.05) is 19.8 Å². The van der Waals surface area contributed by atoms with E-state index >= 15 is 0 Å². The molecule has 1 heterocycles. The summed E-state index contributed by atoms with van der Waals surface area (Å²) in [6.07, 6.45) is -0.621. The molecule has 0 saturated carbocycles. The Bertz CT molecular complexity index is 1110. The van der Waals surface area contributed by atoms with Gasteiger partial charge >= 0.3 is 13.7 Å². The average molecular weight is 632 g/mol. The van der Waals surface area contributed by atoms with Crippen LogP contribution in [-0.2, 0) is 33.4 Å². The van der Waals surface area contributed by atoms with Crippen molar-refractivity contribution in [3.63, 3.8) is 0 Å². The molecule has 238 valence electrons. The van der Waals surface area contributed by atoms with E-state index in [9.17, 15) is 24.1 Å². The van der Waals surface area contributed by atoms with Crippen molar-refractivity contribution in [3.8, 4) is 0 Å². The Morgan fingerprint density at radius 3 is 2.33 bits per heavy atom. The molecule has 3 amide bonds. The van der Waals surface area contributed by atoms with E-state index in [0.29, 0.717) is 18.0 Å². The lowest BCUT2D eigenvalue weighted by Crippen LogP contribution is -2.54. The number of nitrogens with one attached hydrogen (secondary N) is 3. The van der Waals surface area contributed by atoms with Crippen LogP contribution in [0.3, 0.4) is 0 Å². The molecule has 0 aliphatic carbocycles. The van der Waals surface area contributed by atoms with E-state index in [4.69, 9.17) is 25.4 Å². The number of ether oxygens (including phenoxy) is 1. The van der Waals surface area contributed by atoms with E-state index in [-0.39, 0.29) is 37.9 Å². The maximum Gasteiger partial charge on any atom is 0.408 e. The van der Waals surface area contributed by atoms with Crippen LogP contribution < -0.4 is 16.0 Å². The number of carbonyl (C=O) groups is 3. The third kappa shape index (κ3) is 9.95. The molecule has 1 aromatic carbocycles. The summed E-state index contributed by atoms with van der Waals surface area (Å²) < 4.78 is 29.8. The second-order valence-electron chi connectivity index (χ2n) is 11.5. The lowest BCUT2D eigenvalue weighted by molar-refractivity contribution is -0.126. The number of benzene rings is 1. The molecule has 1 aliphatic heterocycles. The Morgan fingerprint density at radius 2 is 1.81 bits per heavy atom. The van der Waals surface area contributed by atoms with Gasteiger partial charge < -0.3 is 34.8 Å². The zero-order valence-electron chi connectivity index (χ0n) is 25.6. The smallest absolute Gasteiger partial charge is 0.408 e. The zero-order valence-corrected chi connectivity index (χ0v) is 27.3. The lowest BCUT2D eigenvalue weighted by Gasteiger charge is -2.33. The van der Waals surface area contributed by atoms with Crippen LogP contribution in [0.4, 0.5) is 4.79 Å². The molecule has 2 unspecified atom stereocenters. The molecule has 1 aliphatic rings. The third-order valence-electron chi connectivity index (χ3n) is 7.52. The number of halogens is 1. The van der Waals surface area contributed by atoms with Gasteiger partial charge in [-0.3, -0.25) is 14.2 Å². The quantitative estimate of drug-likeness (QED) is 0.191. The van der Waals surface area contributed by atoms with Gasteiger partial charge in [0, 0.05) is 22.9 Å². The first-order valence-electron chi connectivity index (χ1n) is 14.5. The highest BCUT2D eigenvalue weighted by Crippen LogP contribution is 2.53. The SMILES string of the molecule is CCOP(=O)(OCC)C(O)[C@H](C[C@@H]1CCNC1=O)NC(=O)[C@H](CC(C)C)NC(=O)OC(C)C(C)(C)c1cccc(Cl)c1. The first kappa shape index (κ1) is 36.0. The Labute approximate surface area is 254 Å². The Morgan fingerprint density at radius 1 is 1.17 bits per heavy atom. The van der Waals surface area contributed by atoms with E-state index in [2.05, 4.69) is 16.0 Å². The van der Waals surface area contributed by atoms with Crippen LogP contribution in [0.5, 0.6) is 0 Å². The summed E-state index contributed by atoms with van der Waals surface area (Å²) in [5, 5.41) is 19.9. The second kappa shape index (κ2) is 16.1. The van der Waals surface area contributed by atoms with Gasteiger partial charge in [-0.1, -0.05) is 51.4 Å². The van der Waals surface area contributed by atoms with Gasteiger partial charge in [0.05, 0.1) is 19.3 Å². The molecular formula is C29H47ClN3O8P. The van der Waals surface area contributed by atoms with Crippen LogP contribution in [0.25, 0.3) is 0 Å². The molecule has 2 rings (SSSR count). The van der Waals surface area contributed by atoms with Crippen LogP contribution in [0.1, 0.15) is 73.3 Å². The summed E-state index contributed by atoms with van der Waals surface area (Å²) in [5.74, 6) is -3.09. The third-order valence-corrected chi connectivity index (χ3v) is 9.99. The summed E-state index contributed by atoms with van der Waals surface area (Å²) in [7, 11) is -4.07. The summed E-state index contributed by atoms with van der Waals surface area (Å²) >= 11 is 6.16. The van der Waals surface area contributed by atoms with Crippen molar-refractivity contribution in [1.29, 1.82) is 0 Å². The predicted octanol–water partition coefficient (Wildman–Crippen LogP) is 4.74. The van der Waals surface area contributed by atoms with Crippen molar-refractivity contribution in [2.24, 2.45) is 11.8 Å². The number of carbonyl (C=O) groups excluding carboxylic acids is 3. The second-order valence-corrected chi connectivity index (χ2v) is 14.1. The fourth-order valence-electron chi connectivity index (χ4n) is 4.80. The highest BCUT2D eigenvalue weighted by Gasteiger charge is 2.43. The van der Waals surface area contributed by atoms with Crippen molar-refractivity contribution in [2.45, 2.75) is 97.2 Å². The van der Waals surface area contributed by atoms with Gasteiger partial charge in [0.25, 0.3) is 0 Å². The predicted molar refractivity (Wildman–Crippen MR) is 161 cm³/mol. The molecule has 0 radical (unpaired) electrons. The molecule has 5 atom stereocenters. The van der Waals surface area contributed by atoms with E-state index in [1.807, 2.05) is 45.9 Å². The normalized spacial score (nSPS) is 18.6. The minimum atomic E-state index is -4.07. The van der Waals surface area contributed by atoms with Crippen LogP contribution in [0.2, 0.25) is 5.02 Å². The maximum absolute atomic E-state index is 13.6. The average Bonchev–Trinajstić information content (AvgIpc) is 3.31. The monoisotopic (exact) mass is 631 g/mol. The molecule has 0 bridgehead atoms. The topological polar surface area (TPSA) is 152 Å². The summed E-state index contributed by atoms with van der Waals surface area (Å²) in [6.45, 7) is 13.1. The molecule has 0 aromatic heterocycles. The van der Waals surface area contributed by atoms with Gasteiger partial charge in [-0.2, -0.15) is 0 Å². The summed E-state index contributed by atoms with van der Waals surface area (Å²) in [5.41, 5.74) is 0.294. The number of alkyl carbamates (subject to hydrolysis) is 1. The van der Waals surface area contributed by atoms with Gasteiger partial charge in [0.2, 0.25) is 11.8 Å². The molecular weight excluding hydrogens is 585 g/mol. The number of hydrogen-bond acceptors (Lipinski definition) is 8. The van der Waals surface area contributed by atoms with E-state index in [1.54, 1.807) is 26.8 Å². The largest absolute Gasteiger partial charge is 0.446 e. The van der Waals surface area contributed by atoms with Gasteiger partial charge in [0.1, 0.15) is 12.1 Å². The first-order valence-corrected chi connectivity index (χ1v) is 16.5. The van der Waals surface area contributed by atoms with Crippen LogP contribution >= 0.6 is 19.2 Å². The van der Waals surface area contributed by atoms with E-state index in [1.165, 1.54) is 0 Å². The van der Waals surface area contributed by atoms with Crippen LogP contribution in [-0.4, -0.2) is 66.8 Å². The number of aliphatic hydroxyl groups is 1. The summed E-state index contributed by atoms with van der Waals surface area (Å²) in [4.78, 5) is 39.0. The molecule has 1 aromatic rings. The van der Waals surface area contributed by atoms with E-state index in [0.717, 1.165) is 5.56 Å². The van der Waals surface area contributed by atoms with Crippen molar-refractivity contribution in [3.05, 3.63) is 34.9 Å². The molecule has 1 fully saturated rings. The minimum absolute atomic E-state index is 0.00306. The van der Waals surface area contributed by atoms with E-state index < -0.39 is 55.0 Å². The van der Waals surface area contributed by atoms with Crippen LogP contribution in [0, 0.1) is 11.8 Å². The number of amides is 3. The Hall–Kier alpha value is -2.17. The fourth-order valence-corrected chi connectivity index (χ4v) is 6.72. The van der Waals surface area contributed by atoms with Gasteiger partial charge in [-0.05, 0) is 63.6 Å². The highest BCUT2D eigenvalue weighted by molar-refractivity contribution is 7.54. The van der Waals surface area contributed by atoms with Crippen molar-refractivity contribution >= 4 is 37.1 Å². The van der Waals surface area contributed by atoms with Crippen molar-refractivity contribution in [1.82, 2.24) is 16.0 Å². The van der Waals surface area contributed by atoms with Gasteiger partial charge in [-0.15, -0.1) is 0 Å². The molecule has 13 heteroatoms. The minimum Gasteiger partial charge on any atom is -0.446 e. The zero-order chi connectivity index (χ0) is 31.7. The summed E-state index contributed by atoms with van der Waals surface area (Å²) in [6, 6.07) is 5.11. The Kier molecular flexibility index (Phi) is 13.8. The molecule has 42 heavy (non-hydrogen) atoms. The Balaban J connectivity index is 2.24. The maximum atomic E-state index is 13.6. The standard InChI is InChI=1S/C29H47ClN3O8P/c1-8-39-42(38,40-9-2)27(36)24(16-20-13-14-31-25(20)34)32-26(35)23(15-18(3)4)33-28(37)41-19(5)29(6,7)21-11-10-12-22(30)17-21/h10-12,17-20,23-24,27,36H,8-9,13-16H2,1-7H3,(H,31,34)(H,32,35)(H,33,37)/t19?,20-,23-,24-,27?/m0/s1. The number of aliphatic hydroxyl groups excluding tert-OH is 1.